The lowest BCUT2D eigenvalue weighted by Gasteiger charge is -2.04. The molecule has 94 valence electrons. The zero-order chi connectivity index (χ0) is 12.9. The van der Waals surface area contributed by atoms with E-state index in [2.05, 4.69) is 10.3 Å². The number of rotatable bonds is 6. The summed E-state index contributed by atoms with van der Waals surface area (Å²) in [6, 6.07) is 2.81. The molecule has 0 aromatic carbocycles. The second-order valence-electron chi connectivity index (χ2n) is 3.54. The average Bonchev–Trinajstić information content (AvgIpc) is 2.23. The zero-order valence-electron chi connectivity index (χ0n) is 9.29. The predicted molar refractivity (Wildman–Crippen MR) is 63.7 cm³/mol. The molecular weight excluding hydrogens is 246 g/mol. The minimum Gasteiger partial charge on any atom is -0.364 e. The summed E-state index contributed by atoms with van der Waals surface area (Å²) in [4.78, 5) is 13.9. The number of pyridine rings is 1. The van der Waals surface area contributed by atoms with E-state index in [0.717, 1.165) is 6.26 Å². The monoisotopic (exact) mass is 259 g/mol. The van der Waals surface area contributed by atoms with Gasteiger partial charge >= 0.3 is 5.69 Å². The van der Waals surface area contributed by atoms with Gasteiger partial charge in [0.15, 0.2) is 0 Å². The molecule has 0 fully saturated rings. The molecule has 1 rings (SSSR count). The van der Waals surface area contributed by atoms with Gasteiger partial charge in [-0.25, -0.2) is 13.4 Å². The van der Waals surface area contributed by atoms with Crippen molar-refractivity contribution in [1.29, 1.82) is 0 Å². The topological polar surface area (TPSA) is 102 Å². The summed E-state index contributed by atoms with van der Waals surface area (Å²) in [5, 5.41) is 13.4. The number of sulfone groups is 1. The van der Waals surface area contributed by atoms with Crippen molar-refractivity contribution in [2.45, 2.75) is 6.42 Å². The highest BCUT2D eigenvalue weighted by molar-refractivity contribution is 7.90. The molecule has 0 aliphatic heterocycles. The van der Waals surface area contributed by atoms with Crippen LogP contribution in [0, 0.1) is 10.1 Å². The average molecular weight is 259 g/mol. The number of nitro groups is 1. The maximum absolute atomic E-state index is 10.9. The molecule has 0 unspecified atom stereocenters. The van der Waals surface area contributed by atoms with E-state index in [1.165, 1.54) is 18.3 Å². The van der Waals surface area contributed by atoms with Gasteiger partial charge in [0.25, 0.3) is 0 Å². The molecular formula is C9H13N3O4S. The van der Waals surface area contributed by atoms with Crippen LogP contribution in [0.15, 0.2) is 18.3 Å². The van der Waals surface area contributed by atoms with Gasteiger partial charge in [0.1, 0.15) is 9.84 Å². The van der Waals surface area contributed by atoms with E-state index >= 15 is 0 Å². The minimum absolute atomic E-state index is 0.0423. The van der Waals surface area contributed by atoms with Gasteiger partial charge in [0, 0.05) is 25.1 Å². The van der Waals surface area contributed by atoms with E-state index in [0.29, 0.717) is 13.0 Å². The Kier molecular flexibility index (Phi) is 4.38. The lowest BCUT2D eigenvalue weighted by molar-refractivity contribution is -0.384. The molecule has 0 bridgehead atoms. The Morgan fingerprint density at radius 2 is 2.24 bits per heavy atom. The van der Waals surface area contributed by atoms with E-state index in [9.17, 15) is 18.5 Å². The summed E-state index contributed by atoms with van der Waals surface area (Å²) in [5.41, 5.74) is -0.119. The summed E-state index contributed by atoms with van der Waals surface area (Å²) in [7, 11) is -3.00. The minimum atomic E-state index is -3.00. The van der Waals surface area contributed by atoms with Crippen molar-refractivity contribution in [3.8, 4) is 0 Å². The van der Waals surface area contributed by atoms with E-state index in [1.807, 2.05) is 0 Å². The van der Waals surface area contributed by atoms with Gasteiger partial charge in [-0.2, -0.15) is 0 Å². The molecule has 1 aromatic rings. The Morgan fingerprint density at radius 1 is 1.53 bits per heavy atom. The number of nitrogens with one attached hydrogen (secondary N) is 1. The first kappa shape index (κ1) is 13.4. The first-order chi connectivity index (χ1) is 7.90. The Hall–Kier alpha value is -1.70. The van der Waals surface area contributed by atoms with Gasteiger partial charge in [0.05, 0.1) is 10.7 Å². The molecule has 1 N–H and O–H groups in total. The second kappa shape index (κ2) is 5.58. The summed E-state index contributed by atoms with van der Waals surface area (Å²) in [6.07, 6.45) is 2.97. The van der Waals surface area contributed by atoms with Crippen LogP contribution < -0.4 is 5.32 Å². The Labute approximate surface area is 98.9 Å². The molecule has 0 radical (unpaired) electrons. The predicted octanol–water partition coefficient (Wildman–Crippen LogP) is 0.836. The van der Waals surface area contributed by atoms with Crippen molar-refractivity contribution in [2.75, 3.05) is 23.9 Å². The van der Waals surface area contributed by atoms with Crippen LogP contribution in [0.5, 0.6) is 0 Å². The number of nitrogens with zero attached hydrogens (tertiary/aromatic N) is 2. The van der Waals surface area contributed by atoms with Gasteiger partial charge in [-0.1, -0.05) is 0 Å². The highest BCUT2D eigenvalue weighted by Crippen LogP contribution is 2.19. The third-order valence-corrected chi connectivity index (χ3v) is 3.00. The quantitative estimate of drug-likeness (QED) is 0.461. The molecule has 0 saturated carbocycles. The fourth-order valence-electron chi connectivity index (χ4n) is 1.22. The third-order valence-electron chi connectivity index (χ3n) is 1.97. The van der Waals surface area contributed by atoms with E-state index in [4.69, 9.17) is 0 Å². The van der Waals surface area contributed by atoms with Crippen LogP contribution in [0.25, 0.3) is 0 Å². The van der Waals surface area contributed by atoms with Crippen LogP contribution in [0.4, 0.5) is 11.5 Å². The fraction of sp³-hybridized carbons (Fsp3) is 0.444. The highest BCUT2D eigenvalue weighted by atomic mass is 32.2. The summed E-state index contributed by atoms with van der Waals surface area (Å²) in [5.74, 6) is 0.201. The molecule has 0 atom stereocenters. The van der Waals surface area contributed by atoms with Gasteiger partial charge < -0.3 is 5.32 Å². The molecule has 0 aliphatic rings. The van der Waals surface area contributed by atoms with Crippen LogP contribution in [0.2, 0.25) is 0 Å². The van der Waals surface area contributed by atoms with E-state index in [1.54, 1.807) is 0 Å². The summed E-state index contributed by atoms with van der Waals surface area (Å²) < 4.78 is 21.7. The first-order valence-corrected chi connectivity index (χ1v) is 6.97. The zero-order valence-corrected chi connectivity index (χ0v) is 10.1. The van der Waals surface area contributed by atoms with Crippen molar-refractivity contribution >= 4 is 21.3 Å². The van der Waals surface area contributed by atoms with Crippen LogP contribution in [-0.2, 0) is 9.84 Å². The second-order valence-corrected chi connectivity index (χ2v) is 5.80. The number of hydrogen-bond donors (Lipinski definition) is 1. The Morgan fingerprint density at radius 3 is 2.82 bits per heavy atom. The lowest BCUT2D eigenvalue weighted by Crippen LogP contribution is -2.11. The standard InChI is InChI=1S/C9H13N3O4S/c1-17(15,16)7-3-6-11-9-8(12(13)14)4-2-5-10-9/h2,4-5H,3,6-7H2,1H3,(H,10,11). The van der Waals surface area contributed by atoms with Crippen molar-refractivity contribution in [3.63, 3.8) is 0 Å². The molecule has 8 heteroatoms. The number of anilines is 1. The van der Waals surface area contributed by atoms with Crippen LogP contribution >= 0.6 is 0 Å². The maximum Gasteiger partial charge on any atom is 0.311 e. The largest absolute Gasteiger partial charge is 0.364 e. The molecule has 7 nitrogen and oxygen atoms in total. The van der Waals surface area contributed by atoms with E-state index in [-0.39, 0.29) is 17.3 Å². The molecule has 0 amide bonds. The van der Waals surface area contributed by atoms with Crippen LogP contribution in [0.1, 0.15) is 6.42 Å². The van der Waals surface area contributed by atoms with Crippen LogP contribution in [0.3, 0.4) is 0 Å². The first-order valence-electron chi connectivity index (χ1n) is 4.91. The third kappa shape index (κ3) is 4.77. The summed E-state index contributed by atoms with van der Waals surface area (Å²) in [6.45, 7) is 0.324. The van der Waals surface area contributed by atoms with E-state index < -0.39 is 14.8 Å². The molecule has 1 heterocycles. The Bertz CT molecular complexity index is 501. The van der Waals surface area contributed by atoms with Crippen molar-refractivity contribution in [1.82, 2.24) is 4.98 Å². The molecule has 0 aliphatic carbocycles. The van der Waals surface area contributed by atoms with Crippen molar-refractivity contribution in [3.05, 3.63) is 28.4 Å². The highest BCUT2D eigenvalue weighted by Gasteiger charge is 2.13. The Balaban J connectivity index is 2.55. The molecule has 17 heavy (non-hydrogen) atoms. The molecule has 0 saturated heterocycles. The normalized spacial score (nSPS) is 11.1. The maximum atomic E-state index is 10.9. The lowest BCUT2D eigenvalue weighted by atomic mass is 10.4. The van der Waals surface area contributed by atoms with Crippen molar-refractivity contribution in [2.24, 2.45) is 0 Å². The van der Waals surface area contributed by atoms with Crippen LogP contribution in [-0.4, -0.2) is 36.9 Å². The van der Waals surface area contributed by atoms with Gasteiger partial charge in [-0.05, 0) is 12.5 Å². The SMILES string of the molecule is CS(=O)(=O)CCCNc1ncccc1[N+](=O)[O-]. The fourth-order valence-corrected chi connectivity index (χ4v) is 1.89. The van der Waals surface area contributed by atoms with Crippen molar-refractivity contribution < 1.29 is 13.3 Å². The number of hydrogen-bond acceptors (Lipinski definition) is 6. The smallest absolute Gasteiger partial charge is 0.311 e. The number of aromatic nitrogens is 1. The summed E-state index contributed by atoms with van der Waals surface area (Å²) >= 11 is 0. The van der Waals surface area contributed by atoms with Gasteiger partial charge in [0.2, 0.25) is 5.82 Å². The molecule has 1 aromatic heterocycles. The van der Waals surface area contributed by atoms with Gasteiger partial charge in [-0.3, -0.25) is 10.1 Å². The molecule has 0 spiro atoms. The van der Waals surface area contributed by atoms with Gasteiger partial charge in [-0.15, -0.1) is 0 Å².